The second-order valence-electron chi connectivity index (χ2n) is 5.47. The average Bonchev–Trinajstić information content (AvgIpc) is 3.05. The molecule has 7 heteroatoms. The Kier molecular flexibility index (Phi) is 5.98. The maximum atomic E-state index is 6.17. The highest BCUT2D eigenvalue weighted by atomic mass is 35.5. The zero-order valence-electron chi connectivity index (χ0n) is 13.5. The fraction of sp³-hybridized carbons (Fsp3) is 0.167. The Morgan fingerprint density at radius 2 is 1.84 bits per heavy atom. The number of nitrogens with zero attached hydrogens (tertiary/aromatic N) is 3. The van der Waals surface area contributed by atoms with E-state index in [-0.39, 0.29) is 0 Å². The lowest BCUT2D eigenvalue weighted by molar-refractivity contribution is 0.687. The Bertz CT molecular complexity index is 834. The first-order valence-electron chi connectivity index (χ1n) is 7.92. The minimum atomic E-state index is 0.462. The number of hydrogen-bond donors (Lipinski definition) is 2. The van der Waals surface area contributed by atoms with E-state index in [1.165, 1.54) is 5.56 Å². The average molecular weight is 372 g/mol. The van der Waals surface area contributed by atoms with Crippen molar-refractivity contribution < 1.29 is 0 Å². The molecular formula is C18H18ClN5S. The Morgan fingerprint density at radius 1 is 1.08 bits per heavy atom. The molecule has 0 aliphatic heterocycles. The molecule has 0 bridgehead atoms. The van der Waals surface area contributed by atoms with Gasteiger partial charge in [0.1, 0.15) is 6.33 Å². The molecule has 0 saturated carbocycles. The van der Waals surface area contributed by atoms with Crippen LogP contribution in [0.3, 0.4) is 0 Å². The fourth-order valence-electron chi connectivity index (χ4n) is 2.34. The van der Waals surface area contributed by atoms with Crippen molar-refractivity contribution in [2.45, 2.75) is 13.0 Å². The summed E-state index contributed by atoms with van der Waals surface area (Å²) in [4.78, 5) is 4.22. The number of halogens is 1. The highest BCUT2D eigenvalue weighted by Crippen LogP contribution is 2.15. The van der Waals surface area contributed by atoms with Gasteiger partial charge >= 0.3 is 0 Å². The molecule has 0 radical (unpaired) electrons. The lowest BCUT2D eigenvalue weighted by atomic mass is 10.1. The number of rotatable bonds is 6. The number of aromatic nitrogens is 3. The molecule has 0 amide bonds. The molecule has 0 unspecified atom stereocenters. The molecule has 0 fully saturated rings. The summed E-state index contributed by atoms with van der Waals surface area (Å²) in [5.74, 6) is 0.462. The standard InChI is InChI=1S/C18H18ClN5S/c19-16-9-5-4-8-15(16)12-24-13-21-17(23-24)22-18(25)20-11-10-14-6-2-1-3-7-14/h1-9,13H,10-12H2,(H2,20,22,23,25). The number of hydrogen-bond acceptors (Lipinski definition) is 3. The molecule has 3 aromatic rings. The van der Waals surface area contributed by atoms with Crippen molar-refractivity contribution in [2.75, 3.05) is 11.9 Å². The van der Waals surface area contributed by atoms with E-state index in [1.54, 1.807) is 11.0 Å². The first-order valence-corrected chi connectivity index (χ1v) is 8.71. The van der Waals surface area contributed by atoms with Crippen molar-refractivity contribution in [2.24, 2.45) is 0 Å². The van der Waals surface area contributed by atoms with Crippen LogP contribution in [0.25, 0.3) is 0 Å². The van der Waals surface area contributed by atoms with Crippen LogP contribution in [0.2, 0.25) is 5.02 Å². The minimum absolute atomic E-state index is 0.462. The van der Waals surface area contributed by atoms with Crippen LogP contribution in [0.15, 0.2) is 60.9 Å². The summed E-state index contributed by atoms with van der Waals surface area (Å²) in [5.41, 5.74) is 2.25. The summed E-state index contributed by atoms with van der Waals surface area (Å²) in [6, 6.07) is 17.9. The van der Waals surface area contributed by atoms with Crippen LogP contribution in [0.1, 0.15) is 11.1 Å². The summed E-state index contributed by atoms with van der Waals surface area (Å²) in [5, 5.41) is 11.7. The molecule has 25 heavy (non-hydrogen) atoms. The molecule has 2 aromatic carbocycles. The van der Waals surface area contributed by atoms with Crippen molar-refractivity contribution in [3.8, 4) is 0 Å². The van der Waals surface area contributed by atoms with Gasteiger partial charge in [0.05, 0.1) is 6.54 Å². The van der Waals surface area contributed by atoms with Gasteiger partial charge < -0.3 is 5.32 Å². The highest BCUT2D eigenvalue weighted by molar-refractivity contribution is 7.80. The van der Waals surface area contributed by atoms with E-state index in [1.807, 2.05) is 42.5 Å². The molecule has 3 rings (SSSR count). The third-order valence-electron chi connectivity index (χ3n) is 3.59. The van der Waals surface area contributed by atoms with Crippen molar-refractivity contribution in [3.63, 3.8) is 0 Å². The van der Waals surface area contributed by atoms with Gasteiger partial charge in [-0.1, -0.05) is 60.1 Å². The molecule has 2 N–H and O–H groups in total. The zero-order chi connectivity index (χ0) is 17.5. The van der Waals surface area contributed by atoms with E-state index in [0.717, 1.165) is 18.5 Å². The van der Waals surface area contributed by atoms with E-state index in [4.69, 9.17) is 23.8 Å². The molecule has 5 nitrogen and oxygen atoms in total. The minimum Gasteiger partial charge on any atom is -0.362 e. The Balaban J connectivity index is 1.47. The molecule has 0 aliphatic carbocycles. The van der Waals surface area contributed by atoms with Gasteiger partial charge in [-0.3, -0.25) is 5.32 Å². The molecule has 0 atom stereocenters. The van der Waals surface area contributed by atoms with Crippen LogP contribution in [0.5, 0.6) is 0 Å². The van der Waals surface area contributed by atoms with Gasteiger partial charge in [-0.25, -0.2) is 9.67 Å². The topological polar surface area (TPSA) is 54.8 Å². The fourth-order valence-corrected chi connectivity index (χ4v) is 2.73. The van der Waals surface area contributed by atoms with Crippen LogP contribution in [-0.2, 0) is 13.0 Å². The van der Waals surface area contributed by atoms with Crippen molar-refractivity contribution in [1.82, 2.24) is 20.1 Å². The molecule has 1 heterocycles. The first kappa shape index (κ1) is 17.4. The summed E-state index contributed by atoms with van der Waals surface area (Å²) < 4.78 is 1.72. The third kappa shape index (κ3) is 5.27. The Labute approximate surface area is 157 Å². The van der Waals surface area contributed by atoms with Gasteiger partial charge in [-0.2, -0.15) is 0 Å². The number of nitrogens with one attached hydrogen (secondary N) is 2. The predicted molar refractivity (Wildman–Crippen MR) is 105 cm³/mol. The van der Waals surface area contributed by atoms with Crippen LogP contribution < -0.4 is 10.6 Å². The van der Waals surface area contributed by atoms with Crippen molar-refractivity contribution >= 4 is 34.9 Å². The van der Waals surface area contributed by atoms with E-state index in [9.17, 15) is 0 Å². The lowest BCUT2D eigenvalue weighted by Gasteiger charge is -2.08. The number of anilines is 1. The van der Waals surface area contributed by atoms with E-state index in [0.29, 0.717) is 22.6 Å². The second kappa shape index (κ2) is 8.60. The monoisotopic (exact) mass is 371 g/mol. The maximum Gasteiger partial charge on any atom is 0.248 e. The molecular weight excluding hydrogens is 354 g/mol. The Morgan fingerprint density at radius 3 is 2.64 bits per heavy atom. The van der Waals surface area contributed by atoms with E-state index >= 15 is 0 Å². The largest absolute Gasteiger partial charge is 0.362 e. The van der Waals surface area contributed by atoms with Crippen molar-refractivity contribution in [1.29, 1.82) is 0 Å². The maximum absolute atomic E-state index is 6.17. The van der Waals surface area contributed by atoms with E-state index < -0.39 is 0 Å². The molecule has 1 aromatic heterocycles. The summed E-state index contributed by atoms with van der Waals surface area (Å²) in [6.45, 7) is 1.30. The smallest absolute Gasteiger partial charge is 0.248 e. The van der Waals surface area contributed by atoms with Gasteiger partial charge in [0, 0.05) is 11.6 Å². The first-order chi connectivity index (χ1) is 12.2. The molecule has 0 saturated heterocycles. The van der Waals surface area contributed by atoms with Gasteiger partial charge in [-0.15, -0.1) is 5.10 Å². The molecule has 128 valence electrons. The van der Waals surface area contributed by atoms with Gasteiger partial charge in [0.2, 0.25) is 5.95 Å². The van der Waals surface area contributed by atoms with Crippen LogP contribution in [0.4, 0.5) is 5.95 Å². The normalized spacial score (nSPS) is 10.4. The lowest BCUT2D eigenvalue weighted by Crippen LogP contribution is -2.30. The summed E-state index contributed by atoms with van der Waals surface area (Å²) >= 11 is 11.4. The third-order valence-corrected chi connectivity index (χ3v) is 4.21. The second-order valence-corrected chi connectivity index (χ2v) is 6.29. The zero-order valence-corrected chi connectivity index (χ0v) is 15.1. The summed E-state index contributed by atoms with van der Waals surface area (Å²) in [7, 11) is 0. The van der Waals surface area contributed by atoms with Gasteiger partial charge in [-0.05, 0) is 35.8 Å². The number of thiocarbonyl (C=S) groups is 1. The molecule has 0 spiro atoms. The van der Waals surface area contributed by atoms with Crippen molar-refractivity contribution in [3.05, 3.63) is 77.1 Å². The van der Waals surface area contributed by atoms with E-state index in [2.05, 4.69) is 32.8 Å². The molecule has 0 aliphatic rings. The van der Waals surface area contributed by atoms with Crippen LogP contribution >= 0.6 is 23.8 Å². The van der Waals surface area contributed by atoms with Gasteiger partial charge in [0.25, 0.3) is 0 Å². The SMILES string of the molecule is S=C(NCCc1ccccc1)Nc1ncn(Cc2ccccc2Cl)n1. The Hall–Kier alpha value is -2.44. The predicted octanol–water partition coefficient (Wildman–Crippen LogP) is 3.51. The summed E-state index contributed by atoms with van der Waals surface area (Å²) in [6.07, 6.45) is 2.55. The number of benzene rings is 2. The van der Waals surface area contributed by atoms with Crippen LogP contribution in [-0.4, -0.2) is 26.4 Å². The highest BCUT2D eigenvalue weighted by Gasteiger charge is 2.05. The van der Waals surface area contributed by atoms with Gasteiger partial charge in [0.15, 0.2) is 5.11 Å². The quantitative estimate of drug-likeness (QED) is 0.649. The van der Waals surface area contributed by atoms with Crippen LogP contribution in [0, 0.1) is 0 Å².